The smallest absolute Gasteiger partial charge is 0.410 e. The first kappa shape index (κ1) is 34.2. The van der Waals surface area contributed by atoms with Gasteiger partial charge in [-0.3, -0.25) is 14.8 Å². The van der Waals surface area contributed by atoms with Gasteiger partial charge in [0.05, 0.1) is 29.1 Å². The zero-order valence-electron chi connectivity index (χ0n) is 29.6. The minimum atomic E-state index is -0.947. The molecular formula is C41H39F2N7O4. The molecule has 9 rings (SSSR count). The van der Waals surface area contributed by atoms with Crippen LogP contribution in [0.5, 0.6) is 11.8 Å². The van der Waals surface area contributed by atoms with Crippen LogP contribution in [-0.4, -0.2) is 92.5 Å². The molecule has 4 aliphatic rings. The molecule has 13 heteroatoms. The Bertz CT molecular complexity index is 2290. The van der Waals surface area contributed by atoms with Gasteiger partial charge in [0.15, 0.2) is 5.82 Å². The highest BCUT2D eigenvalue weighted by Gasteiger charge is 2.51. The fourth-order valence-electron chi connectivity index (χ4n) is 9.31. The summed E-state index contributed by atoms with van der Waals surface area (Å²) in [6, 6.07) is 21.6. The van der Waals surface area contributed by atoms with Gasteiger partial charge < -0.3 is 19.5 Å². The molecule has 54 heavy (non-hydrogen) atoms. The lowest BCUT2D eigenvalue weighted by atomic mass is 9.95. The second-order valence-corrected chi connectivity index (χ2v) is 15.0. The molecule has 0 radical (unpaired) electrons. The minimum absolute atomic E-state index is 0.00591. The average Bonchev–Trinajstić information content (AvgIpc) is 3.78. The van der Waals surface area contributed by atoms with Gasteiger partial charge in [0, 0.05) is 44.2 Å². The van der Waals surface area contributed by atoms with Gasteiger partial charge in [-0.15, -0.1) is 0 Å². The SMILES string of the molecule is N#CC[C@@H]1C[C@@H]2CN(c3nc(OCC45CCCN4CC(F)C5)nc4c(F)c(-c5cc(O)cc6ccccc56)ncc34)C[C@H]1N2C(=O)OCc1ccccc1. The molecule has 1 N–H and O–H groups in total. The Morgan fingerprint density at radius 1 is 1.06 bits per heavy atom. The molecule has 4 fully saturated rings. The van der Waals surface area contributed by atoms with Crippen LogP contribution in [0, 0.1) is 23.1 Å². The number of phenols is 1. The highest BCUT2D eigenvalue weighted by Crippen LogP contribution is 2.43. The summed E-state index contributed by atoms with van der Waals surface area (Å²) in [7, 11) is 0. The number of hydrogen-bond acceptors (Lipinski definition) is 10. The van der Waals surface area contributed by atoms with Crippen LogP contribution in [0.4, 0.5) is 19.4 Å². The van der Waals surface area contributed by atoms with Crippen molar-refractivity contribution in [3.8, 4) is 29.1 Å². The molecule has 4 saturated heterocycles. The van der Waals surface area contributed by atoms with Gasteiger partial charge in [-0.1, -0.05) is 54.6 Å². The number of fused-ring (bicyclic) bond motifs is 5. The second-order valence-electron chi connectivity index (χ2n) is 15.0. The van der Waals surface area contributed by atoms with E-state index >= 15 is 4.39 Å². The van der Waals surface area contributed by atoms with E-state index in [0.717, 1.165) is 30.3 Å². The summed E-state index contributed by atoms with van der Waals surface area (Å²) < 4.78 is 43.7. The molecule has 4 aliphatic heterocycles. The standard InChI is InChI=1S/C41H39F2N7O4/c42-28-18-41(12-6-14-49(41)20-28)24-54-39-46-37-33(19-45-36(35(37)43)32-17-30(51)16-26-9-4-5-10-31(26)32)38(47-39)48-21-29-15-27(11-13-44)34(22-48)50(29)40(52)53-23-25-7-2-1-3-8-25/h1-5,7-10,16-17,19,27-29,34,51H,6,11-12,14-15,18,20-24H2/t27-,28?,29-,34-,41?/m1/s1. The van der Waals surface area contributed by atoms with Crippen LogP contribution in [0.15, 0.2) is 72.9 Å². The Morgan fingerprint density at radius 2 is 1.89 bits per heavy atom. The summed E-state index contributed by atoms with van der Waals surface area (Å²) in [6.07, 6.45) is 3.10. The number of carbonyl (C=O) groups excluding carboxylic acids is 1. The van der Waals surface area contributed by atoms with E-state index in [1.807, 2.05) is 59.5 Å². The van der Waals surface area contributed by atoms with Crippen LogP contribution in [0.25, 0.3) is 32.9 Å². The van der Waals surface area contributed by atoms with Crippen molar-refractivity contribution in [3.05, 3.63) is 84.3 Å². The highest BCUT2D eigenvalue weighted by molar-refractivity contribution is 6.00. The zero-order chi connectivity index (χ0) is 37.0. The summed E-state index contributed by atoms with van der Waals surface area (Å²) in [5.74, 6) is -0.421. The summed E-state index contributed by atoms with van der Waals surface area (Å²) in [6.45, 7) is 2.11. The molecule has 0 aliphatic carbocycles. The number of aromatic hydroxyl groups is 1. The largest absolute Gasteiger partial charge is 0.508 e. The molecule has 0 spiro atoms. The number of phenolic OH excluding ortho intramolecular Hbond substituents is 1. The van der Waals surface area contributed by atoms with Crippen molar-refractivity contribution in [2.75, 3.05) is 37.7 Å². The first-order chi connectivity index (χ1) is 26.3. The molecule has 2 bridgehead atoms. The van der Waals surface area contributed by atoms with Crippen molar-refractivity contribution in [1.82, 2.24) is 24.8 Å². The Hall–Kier alpha value is -5.61. The van der Waals surface area contributed by atoms with E-state index in [0.29, 0.717) is 54.6 Å². The Balaban J connectivity index is 1.09. The third-order valence-corrected chi connectivity index (χ3v) is 11.8. The van der Waals surface area contributed by atoms with Crippen LogP contribution >= 0.6 is 0 Å². The Morgan fingerprint density at radius 3 is 2.74 bits per heavy atom. The maximum atomic E-state index is 17.0. The number of piperazine rings is 1. The summed E-state index contributed by atoms with van der Waals surface area (Å²) >= 11 is 0. The van der Waals surface area contributed by atoms with E-state index in [1.54, 1.807) is 17.2 Å². The maximum absolute atomic E-state index is 17.0. The number of rotatable bonds is 8. The number of halogens is 2. The van der Waals surface area contributed by atoms with Crippen LogP contribution in [0.2, 0.25) is 0 Å². The van der Waals surface area contributed by atoms with Gasteiger partial charge >= 0.3 is 12.1 Å². The third kappa shape index (κ3) is 5.98. The van der Waals surface area contributed by atoms with Gasteiger partial charge in [0.1, 0.15) is 42.2 Å². The highest BCUT2D eigenvalue weighted by atomic mass is 19.1. The number of nitriles is 1. The van der Waals surface area contributed by atoms with Gasteiger partial charge in [-0.2, -0.15) is 15.2 Å². The molecule has 1 amide bonds. The quantitative estimate of drug-likeness (QED) is 0.183. The predicted molar refractivity (Wildman–Crippen MR) is 197 cm³/mol. The van der Waals surface area contributed by atoms with Crippen LogP contribution in [-0.2, 0) is 11.3 Å². The zero-order valence-corrected chi connectivity index (χ0v) is 29.6. The lowest BCUT2D eigenvalue weighted by Crippen LogP contribution is -2.57. The molecule has 3 aromatic carbocycles. The molecule has 11 nitrogen and oxygen atoms in total. The van der Waals surface area contributed by atoms with E-state index in [-0.39, 0.29) is 60.6 Å². The topological polar surface area (TPSA) is 128 Å². The normalized spacial score (nSPS) is 24.9. The number of hydrogen-bond donors (Lipinski definition) is 1. The molecule has 2 aromatic heterocycles. The van der Waals surface area contributed by atoms with E-state index in [9.17, 15) is 19.6 Å². The van der Waals surface area contributed by atoms with Crippen molar-refractivity contribution in [2.45, 2.75) is 62.5 Å². The monoisotopic (exact) mass is 731 g/mol. The summed E-state index contributed by atoms with van der Waals surface area (Å²) in [4.78, 5) is 33.6. The van der Waals surface area contributed by atoms with Gasteiger partial charge in [0.25, 0.3) is 0 Å². The lowest BCUT2D eigenvalue weighted by Gasteiger charge is -2.41. The summed E-state index contributed by atoms with van der Waals surface area (Å²) in [5.41, 5.74) is 0.817. The van der Waals surface area contributed by atoms with Crippen molar-refractivity contribution in [3.63, 3.8) is 0 Å². The number of anilines is 1. The first-order valence-corrected chi connectivity index (χ1v) is 18.5. The third-order valence-electron chi connectivity index (χ3n) is 11.8. The van der Waals surface area contributed by atoms with Crippen molar-refractivity contribution in [1.29, 1.82) is 5.26 Å². The number of ether oxygens (including phenoxy) is 2. The number of aromatic nitrogens is 3. The fraction of sp³-hybridized carbons (Fsp3) is 0.390. The Labute approximate surface area is 310 Å². The average molecular weight is 732 g/mol. The maximum Gasteiger partial charge on any atom is 0.410 e. The number of benzene rings is 3. The van der Waals surface area contributed by atoms with Crippen LogP contribution in [0.1, 0.15) is 37.7 Å². The van der Waals surface area contributed by atoms with Crippen molar-refractivity contribution < 1.29 is 28.2 Å². The molecule has 5 aromatic rings. The second kappa shape index (κ2) is 13.7. The molecule has 0 saturated carbocycles. The lowest BCUT2D eigenvalue weighted by molar-refractivity contribution is 0.0700. The number of amides is 1. The van der Waals surface area contributed by atoms with Crippen molar-refractivity contribution in [2.24, 2.45) is 5.92 Å². The van der Waals surface area contributed by atoms with E-state index in [1.165, 1.54) is 6.07 Å². The van der Waals surface area contributed by atoms with E-state index < -0.39 is 23.6 Å². The minimum Gasteiger partial charge on any atom is -0.508 e. The number of carbonyl (C=O) groups is 1. The fourth-order valence-corrected chi connectivity index (χ4v) is 9.31. The van der Waals surface area contributed by atoms with E-state index in [2.05, 4.69) is 20.9 Å². The van der Waals surface area contributed by atoms with Crippen LogP contribution < -0.4 is 9.64 Å². The summed E-state index contributed by atoms with van der Waals surface area (Å²) in [5, 5.41) is 22.1. The van der Waals surface area contributed by atoms with Crippen molar-refractivity contribution >= 4 is 33.6 Å². The predicted octanol–water partition coefficient (Wildman–Crippen LogP) is 6.77. The molecular weight excluding hydrogens is 692 g/mol. The molecule has 5 atom stereocenters. The van der Waals surface area contributed by atoms with Gasteiger partial charge in [0.2, 0.25) is 0 Å². The first-order valence-electron chi connectivity index (χ1n) is 18.5. The molecule has 276 valence electrons. The number of alkyl halides is 1. The van der Waals surface area contributed by atoms with Gasteiger partial charge in [-0.25, -0.2) is 13.6 Å². The molecule has 2 unspecified atom stereocenters. The van der Waals surface area contributed by atoms with Crippen LogP contribution in [0.3, 0.4) is 0 Å². The van der Waals surface area contributed by atoms with Gasteiger partial charge in [-0.05, 0) is 60.2 Å². The Kier molecular flexibility index (Phi) is 8.65. The number of pyridine rings is 1. The number of nitrogens with zero attached hydrogens (tertiary/aromatic N) is 7. The molecule has 6 heterocycles. The van der Waals surface area contributed by atoms with E-state index in [4.69, 9.17) is 14.5 Å².